The number of nitrogens with zero attached hydrogens (tertiary/aromatic N) is 4. The summed E-state index contributed by atoms with van der Waals surface area (Å²) in [5.74, 6) is 0. The lowest BCUT2D eigenvalue weighted by Gasteiger charge is -2.27. The lowest BCUT2D eigenvalue weighted by molar-refractivity contribution is 0.669. The molecule has 21 aromatic rings. The van der Waals surface area contributed by atoms with Crippen molar-refractivity contribution in [1.82, 2.24) is 0 Å². The first-order chi connectivity index (χ1) is 56.5. The van der Waals surface area contributed by atoms with E-state index in [2.05, 4.69) is 456 Å². The van der Waals surface area contributed by atoms with Crippen LogP contribution >= 0.6 is 11.3 Å². The molecule has 0 unspecified atom stereocenters. The van der Waals surface area contributed by atoms with Gasteiger partial charge >= 0.3 is 0 Å². The maximum absolute atomic E-state index is 6.34. The fourth-order valence-electron chi connectivity index (χ4n) is 16.2. The molecule has 0 atom stereocenters. The third kappa shape index (κ3) is 13.4. The quantitative estimate of drug-likeness (QED) is 0.0961. The van der Waals surface area contributed by atoms with Crippen molar-refractivity contribution in [2.75, 3.05) is 19.6 Å². The van der Waals surface area contributed by atoms with Crippen LogP contribution < -0.4 is 19.6 Å². The van der Waals surface area contributed by atoms with Crippen LogP contribution in [0.1, 0.15) is 0 Å². The Morgan fingerprint density at radius 3 is 0.965 bits per heavy atom. The van der Waals surface area contributed by atoms with E-state index in [0.717, 1.165) is 101 Å². The van der Waals surface area contributed by atoms with Gasteiger partial charge in [0, 0.05) is 105 Å². The van der Waals surface area contributed by atoms with E-state index in [1.54, 1.807) is 0 Å². The molecule has 2 aromatic heterocycles. The smallest absolute Gasteiger partial charge is 0.137 e. The lowest BCUT2D eigenvalue weighted by atomic mass is 10.0. The van der Waals surface area contributed by atoms with E-state index in [1.165, 1.54) is 85.9 Å². The largest absolute Gasteiger partial charge is 0.456 e. The fraction of sp³-hybridized carbons (Fsp3) is 0. The van der Waals surface area contributed by atoms with Crippen LogP contribution in [0.4, 0.5) is 68.2 Å². The lowest BCUT2D eigenvalue weighted by Crippen LogP contribution is -2.10. The Balaban J connectivity index is 0.000000148. The van der Waals surface area contributed by atoms with Gasteiger partial charge in [0.05, 0.1) is 11.4 Å². The molecule has 538 valence electrons. The van der Waals surface area contributed by atoms with Crippen LogP contribution in [0.25, 0.3) is 119 Å². The zero-order valence-corrected chi connectivity index (χ0v) is 63.1. The van der Waals surface area contributed by atoms with Crippen LogP contribution in [0.5, 0.6) is 0 Å². The molecule has 0 amide bonds. The van der Waals surface area contributed by atoms with Crippen LogP contribution in [-0.2, 0) is 0 Å². The molecule has 2 heterocycles. The van der Waals surface area contributed by atoms with Gasteiger partial charge in [0.25, 0.3) is 0 Å². The van der Waals surface area contributed by atoms with Crippen molar-refractivity contribution in [3.8, 4) is 44.5 Å². The Labute approximate surface area is 666 Å². The van der Waals surface area contributed by atoms with Crippen LogP contribution in [0.2, 0.25) is 0 Å². The zero-order chi connectivity index (χ0) is 75.7. The van der Waals surface area contributed by atoms with E-state index in [1.807, 2.05) is 23.5 Å². The van der Waals surface area contributed by atoms with Gasteiger partial charge in [-0.05, 0) is 212 Å². The average molecular weight is 1480 g/mol. The second-order valence-corrected chi connectivity index (χ2v) is 29.9. The maximum atomic E-state index is 6.34. The predicted octanol–water partition coefficient (Wildman–Crippen LogP) is 31.6. The molecule has 0 fully saturated rings. The van der Waals surface area contributed by atoms with Crippen molar-refractivity contribution < 1.29 is 4.42 Å². The first kappa shape index (κ1) is 68.5. The predicted molar refractivity (Wildman–Crippen MR) is 486 cm³/mol. The van der Waals surface area contributed by atoms with E-state index < -0.39 is 0 Å². The maximum Gasteiger partial charge on any atom is 0.137 e. The first-order valence-corrected chi connectivity index (χ1v) is 39.6. The highest BCUT2D eigenvalue weighted by atomic mass is 32.1. The summed E-state index contributed by atoms with van der Waals surface area (Å²) in [6.07, 6.45) is 0. The van der Waals surface area contributed by atoms with Crippen molar-refractivity contribution in [3.05, 3.63) is 449 Å². The molecule has 0 aliphatic heterocycles. The Morgan fingerprint density at radius 2 is 0.465 bits per heavy atom. The highest BCUT2D eigenvalue weighted by Crippen LogP contribution is 2.47. The number of hydrogen-bond acceptors (Lipinski definition) is 6. The number of fused-ring (bicyclic) bond motifs is 9. The van der Waals surface area contributed by atoms with Crippen LogP contribution in [0.15, 0.2) is 453 Å². The molecule has 21 rings (SSSR count). The average Bonchev–Trinajstić information content (AvgIpc) is 1.48. The Hall–Kier alpha value is -14.8. The van der Waals surface area contributed by atoms with Gasteiger partial charge in [0.1, 0.15) is 11.2 Å². The SMILES string of the molecule is c1ccc(-c2ccc(N(c3ccc(-c4ccc(N(c5ccc6c(c5)sc5ccccc56)c5cccc6ccccc56)cc4)cc3)c3cccc4ccccc34)cc2)cc1.c1ccc(-c2ccc(N(c3ccccc3)c3ccc(-c4ccc(N(c5ccc6ccccc6c5)c5ccc6c(c5)oc5ccccc56)cc4)cc3)cc2)cc1. The Bertz CT molecular complexity index is 7000. The molecular formula is C108H74N4OS. The zero-order valence-electron chi connectivity index (χ0n) is 62.3. The molecule has 0 bridgehead atoms. The molecule has 0 spiro atoms. The van der Waals surface area contributed by atoms with Crippen molar-refractivity contribution in [3.63, 3.8) is 0 Å². The highest BCUT2D eigenvalue weighted by Gasteiger charge is 2.22. The standard InChI is InChI=1S/C56H38N2S.C52H36N2O/c1-2-12-39(13-3-1)40-24-30-45(31-25-40)57(53-21-10-16-43-14-4-6-18-49(43)53)46-32-26-41(27-33-46)42-28-34-47(35-29-42)58(54-22-11-17-44-15-5-7-19-50(44)54)48-36-37-52-51-20-8-9-23-55(51)59-56(52)38-48;1-3-11-37(12-4-1)39-19-26-44(27-20-39)53(43-15-5-2-6-16-43)45-28-21-40(22-29-45)41-23-30-46(31-24-41)54(47-32-25-38-13-7-8-14-42(38)35-47)48-33-34-50-49-17-9-10-18-51(49)55-52(50)36-48/h1-38H;1-36H. The van der Waals surface area contributed by atoms with Gasteiger partial charge in [-0.3, -0.25) is 0 Å². The summed E-state index contributed by atoms with van der Waals surface area (Å²) >= 11 is 1.86. The van der Waals surface area contributed by atoms with Crippen molar-refractivity contribution in [2.45, 2.75) is 0 Å². The van der Waals surface area contributed by atoms with Gasteiger partial charge in [0.2, 0.25) is 0 Å². The summed E-state index contributed by atoms with van der Waals surface area (Å²) < 4.78 is 8.94. The number of benzene rings is 19. The Kier molecular flexibility index (Phi) is 18.1. The van der Waals surface area contributed by atoms with Gasteiger partial charge in [0.15, 0.2) is 0 Å². The first-order valence-electron chi connectivity index (χ1n) is 38.7. The molecule has 114 heavy (non-hydrogen) atoms. The second kappa shape index (κ2) is 30.2. The number of hydrogen-bond donors (Lipinski definition) is 0. The van der Waals surface area contributed by atoms with Crippen molar-refractivity contribution in [1.29, 1.82) is 0 Å². The monoisotopic (exact) mass is 1470 g/mol. The van der Waals surface area contributed by atoms with Crippen molar-refractivity contribution in [2.24, 2.45) is 0 Å². The van der Waals surface area contributed by atoms with Crippen molar-refractivity contribution >= 4 is 154 Å². The summed E-state index contributed by atoms with van der Waals surface area (Å²) in [6, 6.07) is 161. The minimum atomic E-state index is 0.873. The molecule has 6 heteroatoms. The van der Waals surface area contributed by atoms with Gasteiger partial charge in [-0.1, -0.05) is 297 Å². The van der Waals surface area contributed by atoms with Gasteiger partial charge in [-0.15, -0.1) is 11.3 Å². The molecule has 0 N–H and O–H groups in total. The normalized spacial score (nSPS) is 11.3. The number of para-hydroxylation sites is 2. The molecule has 0 saturated heterocycles. The van der Waals surface area contributed by atoms with Gasteiger partial charge < -0.3 is 24.0 Å². The molecule has 0 aliphatic rings. The molecule has 5 nitrogen and oxygen atoms in total. The second-order valence-electron chi connectivity index (χ2n) is 28.8. The number of thiophene rings is 1. The molecule has 0 radical (unpaired) electrons. The summed E-state index contributed by atoms with van der Waals surface area (Å²) in [7, 11) is 0. The van der Waals surface area contributed by atoms with E-state index >= 15 is 0 Å². The topological polar surface area (TPSA) is 26.1 Å². The third-order valence-electron chi connectivity index (χ3n) is 21.9. The van der Waals surface area contributed by atoms with Crippen LogP contribution in [-0.4, -0.2) is 0 Å². The molecular weight excluding hydrogens is 1400 g/mol. The van der Waals surface area contributed by atoms with E-state index in [9.17, 15) is 0 Å². The number of furan rings is 1. The van der Waals surface area contributed by atoms with Gasteiger partial charge in [-0.25, -0.2) is 0 Å². The van der Waals surface area contributed by atoms with E-state index in [4.69, 9.17) is 4.42 Å². The molecule has 0 aliphatic carbocycles. The number of rotatable bonds is 16. The summed E-state index contributed by atoms with van der Waals surface area (Å²) in [6.45, 7) is 0. The fourth-order valence-corrected chi connectivity index (χ4v) is 17.4. The number of anilines is 12. The molecule has 19 aromatic carbocycles. The summed E-state index contributed by atoms with van der Waals surface area (Å²) in [5.41, 5.74) is 24.5. The minimum Gasteiger partial charge on any atom is -0.456 e. The van der Waals surface area contributed by atoms with Gasteiger partial charge in [-0.2, -0.15) is 0 Å². The van der Waals surface area contributed by atoms with Crippen LogP contribution in [0.3, 0.4) is 0 Å². The summed E-state index contributed by atoms with van der Waals surface area (Å²) in [4.78, 5) is 9.40. The Morgan fingerprint density at radius 1 is 0.158 bits per heavy atom. The van der Waals surface area contributed by atoms with E-state index in [-0.39, 0.29) is 0 Å². The van der Waals surface area contributed by atoms with E-state index in [0.29, 0.717) is 0 Å². The summed E-state index contributed by atoms with van der Waals surface area (Å²) in [5, 5.41) is 12.1. The molecule has 0 saturated carbocycles. The minimum absolute atomic E-state index is 0.873. The third-order valence-corrected chi connectivity index (χ3v) is 23.0. The highest BCUT2D eigenvalue weighted by molar-refractivity contribution is 7.25. The van der Waals surface area contributed by atoms with Crippen LogP contribution in [0, 0.1) is 0 Å².